The number of alkyl halides is 4. The van der Waals surface area contributed by atoms with E-state index < -0.39 is 24.5 Å². The number of aryl methyl sites for hydroxylation is 1. The van der Waals surface area contributed by atoms with Crippen LogP contribution in [0.25, 0.3) is 32.9 Å². The highest BCUT2D eigenvalue weighted by Crippen LogP contribution is 2.54. The molecule has 2 aromatic carbocycles. The molecule has 4 aromatic rings. The van der Waals surface area contributed by atoms with Gasteiger partial charge in [-0.3, -0.25) is 14.8 Å². The Bertz CT molecular complexity index is 2080. The Hall–Kier alpha value is -4.46. The molecule has 2 spiro atoms. The van der Waals surface area contributed by atoms with E-state index in [2.05, 4.69) is 32.6 Å². The fourth-order valence-corrected chi connectivity index (χ4v) is 9.13. The number of hydrogen-bond acceptors (Lipinski definition) is 8. The average molecular weight is 719 g/mol. The number of rotatable bonds is 7. The van der Waals surface area contributed by atoms with Gasteiger partial charge in [0.2, 0.25) is 11.9 Å². The van der Waals surface area contributed by atoms with Gasteiger partial charge < -0.3 is 19.4 Å². The number of likely N-dealkylation sites (tertiary alicyclic amines) is 2. The topological polar surface area (TPSA) is 93.7 Å². The van der Waals surface area contributed by atoms with Gasteiger partial charge in [-0.05, 0) is 86.9 Å². The molecule has 1 N–H and O–H groups in total. The summed E-state index contributed by atoms with van der Waals surface area (Å²) in [5, 5.41) is 8.72. The largest absolute Gasteiger partial charge is 0.481 e. The number of anilines is 2. The van der Waals surface area contributed by atoms with Crippen LogP contribution in [-0.2, 0) is 4.79 Å². The smallest absolute Gasteiger partial charge is 0.422 e. The molecule has 0 radical (unpaired) electrons. The van der Waals surface area contributed by atoms with E-state index in [1.54, 1.807) is 6.20 Å². The zero-order valence-electron chi connectivity index (χ0n) is 29.4. The molecule has 52 heavy (non-hydrogen) atoms. The van der Waals surface area contributed by atoms with Crippen LogP contribution in [0.2, 0.25) is 0 Å². The van der Waals surface area contributed by atoms with Gasteiger partial charge in [0.05, 0.1) is 17.3 Å². The normalized spacial score (nSPS) is 22.7. The summed E-state index contributed by atoms with van der Waals surface area (Å²) in [6, 6.07) is 5.95. The number of ether oxygens (including phenoxy) is 1. The van der Waals surface area contributed by atoms with Crippen molar-refractivity contribution in [1.29, 1.82) is 0 Å². The molecule has 2 aromatic heterocycles. The molecule has 14 heteroatoms. The Balaban J connectivity index is 1.21. The number of likely N-dealkylation sites (N-methyl/N-ethyl adjacent to an activating group) is 1. The first-order chi connectivity index (χ1) is 24.9. The summed E-state index contributed by atoms with van der Waals surface area (Å²) in [6.07, 6.45) is 1.43. The minimum atomic E-state index is -4.59. The SMILES string of the molecule is C=CC(=O)N1CC2(CCN(c3nc(N4CC5(C4)[C@@H](F)CCN5C)nc4c(OCC(F)(F)F)c(-c5c(C)ccc6[nH]ncc56)c(C5CC5)cc34)CC2)C1. The van der Waals surface area contributed by atoms with Crippen molar-refractivity contribution in [3.05, 3.63) is 48.2 Å². The quantitative estimate of drug-likeness (QED) is 0.180. The maximum atomic E-state index is 15.3. The second kappa shape index (κ2) is 11.8. The molecule has 0 bridgehead atoms. The monoisotopic (exact) mass is 718 g/mol. The van der Waals surface area contributed by atoms with Gasteiger partial charge in [-0.2, -0.15) is 23.3 Å². The van der Waals surface area contributed by atoms with Gasteiger partial charge in [0.1, 0.15) is 17.5 Å². The molecular weight excluding hydrogens is 676 g/mol. The molecule has 1 saturated carbocycles. The van der Waals surface area contributed by atoms with Crippen LogP contribution in [-0.4, -0.2) is 113 Å². The van der Waals surface area contributed by atoms with Crippen LogP contribution in [0.1, 0.15) is 49.1 Å². The van der Waals surface area contributed by atoms with Gasteiger partial charge in [-0.25, -0.2) is 9.37 Å². The number of aromatic nitrogens is 4. The molecule has 1 amide bonds. The lowest BCUT2D eigenvalue weighted by Gasteiger charge is -2.54. The first-order valence-electron chi connectivity index (χ1n) is 18.2. The third-order valence-electron chi connectivity index (χ3n) is 12.4. The number of benzene rings is 2. The molecule has 9 rings (SSSR count). The highest BCUT2D eigenvalue weighted by Gasteiger charge is 2.56. The number of piperidine rings is 1. The number of H-pyrrole nitrogens is 1. The maximum absolute atomic E-state index is 15.3. The van der Waals surface area contributed by atoms with Gasteiger partial charge in [-0.1, -0.05) is 12.6 Å². The summed E-state index contributed by atoms with van der Waals surface area (Å²) in [4.78, 5) is 30.4. The number of hydrogen-bond donors (Lipinski definition) is 1. The zero-order chi connectivity index (χ0) is 36.2. The van der Waals surface area contributed by atoms with E-state index in [1.165, 1.54) is 6.08 Å². The second-order valence-electron chi connectivity index (χ2n) is 15.7. The van der Waals surface area contributed by atoms with Crippen molar-refractivity contribution in [3.8, 4) is 16.9 Å². The van der Waals surface area contributed by atoms with Gasteiger partial charge >= 0.3 is 6.18 Å². The van der Waals surface area contributed by atoms with Crippen molar-refractivity contribution >= 4 is 39.5 Å². The van der Waals surface area contributed by atoms with Crippen molar-refractivity contribution in [2.75, 3.05) is 69.3 Å². The molecule has 4 saturated heterocycles. The van der Waals surface area contributed by atoms with Crippen molar-refractivity contribution in [2.24, 2.45) is 5.41 Å². The van der Waals surface area contributed by atoms with Crippen LogP contribution < -0.4 is 14.5 Å². The molecule has 0 unspecified atom stereocenters. The van der Waals surface area contributed by atoms with Crippen LogP contribution in [0.3, 0.4) is 0 Å². The lowest BCUT2D eigenvalue weighted by Crippen LogP contribution is -2.71. The Labute approximate surface area is 298 Å². The minimum absolute atomic E-state index is 0.0159. The summed E-state index contributed by atoms with van der Waals surface area (Å²) in [5.41, 5.74) is 3.64. The number of halogens is 4. The molecule has 5 fully saturated rings. The van der Waals surface area contributed by atoms with Crippen molar-refractivity contribution < 1.29 is 27.1 Å². The predicted octanol–water partition coefficient (Wildman–Crippen LogP) is 6.15. The van der Waals surface area contributed by atoms with E-state index in [9.17, 15) is 18.0 Å². The Morgan fingerprint density at radius 1 is 1.04 bits per heavy atom. The third kappa shape index (κ3) is 5.30. The van der Waals surface area contributed by atoms with Crippen LogP contribution in [0.15, 0.2) is 37.1 Å². The molecule has 1 aliphatic carbocycles. The number of nitrogens with one attached hydrogen (secondary N) is 1. The van der Waals surface area contributed by atoms with Crippen LogP contribution >= 0.6 is 0 Å². The standard InChI is InChI=1S/C38H42F4N8O2/c1-4-29(51)49-17-36(18-49)10-13-48(14-11-36)34-25-15-24(23-6-7-23)31(30-22(2)5-8-27-26(30)16-43-46-27)33(52-21-38(40,41)42)32(25)44-35(45-34)50-19-37(20-50)28(39)9-12-47(37)3/h4-5,8,15-16,23,28H,1,6-7,9-14,17-21H2,2-3H3,(H,43,46)/t28-/m0/s1. The van der Waals surface area contributed by atoms with Crippen molar-refractivity contribution in [1.82, 2.24) is 30.0 Å². The molecule has 6 heterocycles. The fourth-order valence-electron chi connectivity index (χ4n) is 9.13. The van der Waals surface area contributed by atoms with E-state index in [0.29, 0.717) is 80.5 Å². The molecular formula is C38H42F4N8O2. The number of nitrogens with zero attached hydrogens (tertiary/aromatic N) is 7. The van der Waals surface area contributed by atoms with Gasteiger partial charge in [-0.15, -0.1) is 0 Å². The first kappa shape index (κ1) is 33.4. The predicted molar refractivity (Wildman–Crippen MR) is 191 cm³/mol. The van der Waals surface area contributed by atoms with Crippen LogP contribution in [0, 0.1) is 12.3 Å². The summed E-state index contributed by atoms with van der Waals surface area (Å²) in [5.74, 6) is 1.17. The number of carbonyl (C=O) groups excluding carboxylic acids is 1. The summed E-state index contributed by atoms with van der Waals surface area (Å²) >= 11 is 0. The number of fused-ring (bicyclic) bond motifs is 2. The fraction of sp³-hybridized carbons (Fsp3) is 0.526. The average Bonchev–Trinajstić information content (AvgIpc) is 3.75. The van der Waals surface area contributed by atoms with Gasteiger partial charge in [0.15, 0.2) is 12.4 Å². The van der Waals surface area contributed by atoms with E-state index in [0.717, 1.165) is 53.3 Å². The first-order valence-corrected chi connectivity index (χ1v) is 18.2. The highest BCUT2D eigenvalue weighted by molar-refractivity contribution is 6.06. The number of aromatic amines is 1. The number of amides is 1. The third-order valence-corrected chi connectivity index (χ3v) is 12.4. The Morgan fingerprint density at radius 2 is 1.79 bits per heavy atom. The zero-order valence-corrected chi connectivity index (χ0v) is 29.4. The van der Waals surface area contributed by atoms with Crippen molar-refractivity contribution in [3.63, 3.8) is 0 Å². The van der Waals surface area contributed by atoms with E-state index in [1.807, 2.05) is 35.9 Å². The van der Waals surface area contributed by atoms with Crippen LogP contribution in [0.4, 0.5) is 29.3 Å². The van der Waals surface area contributed by atoms with Crippen LogP contribution in [0.5, 0.6) is 5.75 Å². The molecule has 4 aliphatic heterocycles. The van der Waals surface area contributed by atoms with Gasteiger partial charge in [0, 0.05) is 67.6 Å². The summed E-state index contributed by atoms with van der Waals surface area (Å²) in [6.45, 7) is 8.19. The van der Waals surface area contributed by atoms with Gasteiger partial charge in [0.25, 0.3) is 0 Å². The lowest BCUT2D eigenvalue weighted by atomic mass is 9.72. The Kier molecular flexibility index (Phi) is 7.56. The van der Waals surface area contributed by atoms with E-state index >= 15 is 4.39 Å². The second-order valence-corrected chi connectivity index (χ2v) is 15.7. The molecule has 274 valence electrons. The summed E-state index contributed by atoms with van der Waals surface area (Å²) in [7, 11) is 1.94. The van der Waals surface area contributed by atoms with E-state index in [4.69, 9.17) is 14.7 Å². The number of carbonyl (C=O) groups is 1. The lowest BCUT2D eigenvalue weighted by molar-refractivity contribution is -0.153. The molecule has 5 aliphatic rings. The van der Waals surface area contributed by atoms with E-state index in [-0.39, 0.29) is 23.0 Å². The summed E-state index contributed by atoms with van der Waals surface area (Å²) < 4.78 is 63.4. The maximum Gasteiger partial charge on any atom is 0.422 e. The highest BCUT2D eigenvalue weighted by atomic mass is 19.4. The Morgan fingerprint density at radius 3 is 2.44 bits per heavy atom. The molecule has 10 nitrogen and oxygen atoms in total. The van der Waals surface area contributed by atoms with Crippen molar-refractivity contribution in [2.45, 2.75) is 62.8 Å². The molecule has 1 atom stereocenters. The minimum Gasteiger partial charge on any atom is -0.481 e.